The van der Waals surface area contributed by atoms with Crippen molar-refractivity contribution in [1.82, 2.24) is 5.32 Å². The molecule has 86 valence electrons. The van der Waals surface area contributed by atoms with E-state index in [0.717, 1.165) is 12.5 Å². The summed E-state index contributed by atoms with van der Waals surface area (Å²) >= 11 is 0. The van der Waals surface area contributed by atoms with Crippen molar-refractivity contribution >= 4 is 0 Å². The van der Waals surface area contributed by atoms with Crippen molar-refractivity contribution in [1.29, 1.82) is 0 Å². The number of nitrogens with one attached hydrogen (secondary N) is 1. The molecule has 0 bridgehead atoms. The average molecular weight is 215 g/mol. The number of hydrogen-bond acceptors (Lipinski definition) is 1. The molecule has 2 aliphatic rings. The summed E-state index contributed by atoms with van der Waals surface area (Å²) in [5, 5.41) is 3.73. The molecule has 3 rings (SSSR count). The van der Waals surface area contributed by atoms with Crippen molar-refractivity contribution in [3.05, 3.63) is 34.9 Å². The van der Waals surface area contributed by atoms with Crippen molar-refractivity contribution in [2.45, 2.75) is 51.6 Å². The van der Waals surface area contributed by atoms with Crippen LogP contribution in [-0.2, 0) is 6.54 Å². The Balaban J connectivity index is 1.87. The smallest absolute Gasteiger partial charge is 0.0354 e. The van der Waals surface area contributed by atoms with Gasteiger partial charge in [-0.1, -0.05) is 37.5 Å². The van der Waals surface area contributed by atoms with Crippen molar-refractivity contribution < 1.29 is 0 Å². The third kappa shape index (κ3) is 1.67. The lowest BCUT2D eigenvalue weighted by molar-refractivity contribution is 0.282. The van der Waals surface area contributed by atoms with Gasteiger partial charge in [0.15, 0.2) is 0 Å². The fourth-order valence-electron chi connectivity index (χ4n) is 3.47. The highest BCUT2D eigenvalue weighted by atomic mass is 14.9. The zero-order valence-electron chi connectivity index (χ0n) is 10.1. The van der Waals surface area contributed by atoms with Gasteiger partial charge < -0.3 is 5.32 Å². The highest BCUT2D eigenvalue weighted by Gasteiger charge is 2.30. The van der Waals surface area contributed by atoms with Crippen LogP contribution in [0.15, 0.2) is 18.2 Å². The lowest BCUT2D eigenvalue weighted by Crippen LogP contribution is -2.23. The molecule has 1 aliphatic heterocycles. The maximum atomic E-state index is 3.73. The van der Waals surface area contributed by atoms with Gasteiger partial charge in [0.1, 0.15) is 0 Å². The van der Waals surface area contributed by atoms with E-state index in [1.165, 1.54) is 37.7 Å². The molecule has 1 aliphatic carbocycles. The Labute approximate surface area is 98.3 Å². The Bertz CT molecular complexity index is 377. The SMILES string of the molecule is Cc1cccc2c1CNC2C1CCCCC1. The van der Waals surface area contributed by atoms with Gasteiger partial charge in [-0.3, -0.25) is 0 Å². The Hall–Kier alpha value is -0.820. The van der Waals surface area contributed by atoms with Gasteiger partial charge in [-0.15, -0.1) is 0 Å². The van der Waals surface area contributed by atoms with Crippen molar-refractivity contribution in [2.24, 2.45) is 5.92 Å². The average Bonchev–Trinajstić information content (AvgIpc) is 2.75. The molecule has 0 spiro atoms. The van der Waals surface area contributed by atoms with Crippen molar-refractivity contribution in [3.8, 4) is 0 Å². The zero-order chi connectivity index (χ0) is 11.0. The molecule has 1 unspecified atom stereocenters. The summed E-state index contributed by atoms with van der Waals surface area (Å²) in [5.41, 5.74) is 4.62. The Morgan fingerprint density at radius 2 is 1.94 bits per heavy atom. The molecule has 1 saturated carbocycles. The summed E-state index contributed by atoms with van der Waals surface area (Å²) in [7, 11) is 0. The molecule has 1 atom stereocenters. The largest absolute Gasteiger partial charge is 0.306 e. The number of rotatable bonds is 1. The molecule has 0 saturated heterocycles. The van der Waals surface area contributed by atoms with Gasteiger partial charge in [-0.05, 0) is 42.4 Å². The third-order valence-corrected chi connectivity index (χ3v) is 4.40. The van der Waals surface area contributed by atoms with Gasteiger partial charge >= 0.3 is 0 Å². The van der Waals surface area contributed by atoms with Gasteiger partial charge in [0.25, 0.3) is 0 Å². The molecule has 1 N–H and O–H groups in total. The monoisotopic (exact) mass is 215 g/mol. The quantitative estimate of drug-likeness (QED) is 0.753. The van der Waals surface area contributed by atoms with Crippen LogP contribution in [0.3, 0.4) is 0 Å². The fraction of sp³-hybridized carbons (Fsp3) is 0.600. The second-order valence-corrected chi connectivity index (χ2v) is 5.40. The van der Waals surface area contributed by atoms with Crippen LogP contribution >= 0.6 is 0 Å². The summed E-state index contributed by atoms with van der Waals surface area (Å²) in [6, 6.07) is 7.44. The van der Waals surface area contributed by atoms with Crippen molar-refractivity contribution in [2.75, 3.05) is 0 Å². The topological polar surface area (TPSA) is 12.0 Å². The molecule has 1 fully saturated rings. The van der Waals surface area contributed by atoms with Gasteiger partial charge in [0, 0.05) is 12.6 Å². The number of hydrogen-bond donors (Lipinski definition) is 1. The van der Waals surface area contributed by atoms with Gasteiger partial charge in [0.2, 0.25) is 0 Å². The first kappa shape index (κ1) is 10.3. The van der Waals surface area contributed by atoms with E-state index in [-0.39, 0.29) is 0 Å². The molecule has 1 heterocycles. The summed E-state index contributed by atoms with van der Waals surface area (Å²) in [6.07, 6.45) is 7.16. The van der Waals surface area contributed by atoms with E-state index < -0.39 is 0 Å². The van der Waals surface area contributed by atoms with E-state index in [1.807, 2.05) is 0 Å². The first-order valence-electron chi connectivity index (χ1n) is 6.68. The normalized spacial score (nSPS) is 25.7. The van der Waals surface area contributed by atoms with Gasteiger partial charge in [0.05, 0.1) is 0 Å². The van der Waals surface area contributed by atoms with Crippen LogP contribution < -0.4 is 5.32 Å². The van der Waals surface area contributed by atoms with Crippen LogP contribution in [0.25, 0.3) is 0 Å². The van der Waals surface area contributed by atoms with Gasteiger partial charge in [-0.2, -0.15) is 0 Å². The van der Waals surface area contributed by atoms with Gasteiger partial charge in [-0.25, -0.2) is 0 Å². The van der Waals surface area contributed by atoms with Crippen LogP contribution in [0, 0.1) is 12.8 Å². The molecule has 1 aromatic rings. The van der Waals surface area contributed by atoms with Crippen molar-refractivity contribution in [3.63, 3.8) is 0 Å². The van der Waals surface area contributed by atoms with Crippen LogP contribution in [0.2, 0.25) is 0 Å². The fourth-order valence-corrected chi connectivity index (χ4v) is 3.47. The predicted molar refractivity (Wildman–Crippen MR) is 67.3 cm³/mol. The summed E-state index contributed by atoms with van der Waals surface area (Å²) in [5.74, 6) is 0.886. The molecule has 1 heteroatoms. The van der Waals surface area contributed by atoms with E-state index in [9.17, 15) is 0 Å². The standard InChI is InChI=1S/C15H21N/c1-11-6-5-9-13-14(11)10-16-15(13)12-7-3-2-4-8-12/h5-6,9,12,15-16H,2-4,7-8,10H2,1H3. The minimum atomic E-state index is 0.648. The lowest BCUT2D eigenvalue weighted by Gasteiger charge is -2.28. The summed E-state index contributed by atoms with van der Waals surface area (Å²) < 4.78 is 0. The van der Waals surface area contributed by atoms with Crippen LogP contribution in [-0.4, -0.2) is 0 Å². The molecule has 16 heavy (non-hydrogen) atoms. The minimum absolute atomic E-state index is 0.648. The van der Waals surface area contributed by atoms with Crippen LogP contribution in [0.4, 0.5) is 0 Å². The zero-order valence-corrected chi connectivity index (χ0v) is 10.1. The highest BCUT2D eigenvalue weighted by molar-refractivity contribution is 5.40. The predicted octanol–water partition coefficient (Wildman–Crippen LogP) is 3.72. The molecular weight excluding hydrogens is 194 g/mol. The first-order chi connectivity index (χ1) is 7.86. The Kier molecular flexibility index (Phi) is 2.72. The second kappa shape index (κ2) is 4.21. The molecule has 0 amide bonds. The van der Waals surface area contributed by atoms with E-state index >= 15 is 0 Å². The van der Waals surface area contributed by atoms with E-state index in [2.05, 4.69) is 30.4 Å². The number of aryl methyl sites for hydroxylation is 1. The molecule has 0 radical (unpaired) electrons. The Morgan fingerprint density at radius 3 is 2.75 bits per heavy atom. The molecule has 1 aromatic carbocycles. The van der Waals surface area contributed by atoms with E-state index in [4.69, 9.17) is 0 Å². The second-order valence-electron chi connectivity index (χ2n) is 5.40. The van der Waals surface area contributed by atoms with Crippen LogP contribution in [0.5, 0.6) is 0 Å². The third-order valence-electron chi connectivity index (χ3n) is 4.40. The first-order valence-corrected chi connectivity index (χ1v) is 6.68. The maximum absolute atomic E-state index is 3.73. The number of benzene rings is 1. The van der Waals surface area contributed by atoms with E-state index in [0.29, 0.717) is 6.04 Å². The van der Waals surface area contributed by atoms with Crippen LogP contribution in [0.1, 0.15) is 54.8 Å². The Morgan fingerprint density at radius 1 is 1.12 bits per heavy atom. The summed E-state index contributed by atoms with van der Waals surface area (Å²) in [6.45, 7) is 3.33. The minimum Gasteiger partial charge on any atom is -0.306 e. The molecule has 1 nitrogen and oxygen atoms in total. The summed E-state index contributed by atoms with van der Waals surface area (Å²) in [4.78, 5) is 0. The van der Waals surface area contributed by atoms with E-state index in [1.54, 1.807) is 11.1 Å². The number of fused-ring (bicyclic) bond motifs is 1. The lowest BCUT2D eigenvalue weighted by atomic mass is 9.81. The molecular formula is C15H21N. The maximum Gasteiger partial charge on any atom is 0.0354 e. The molecule has 0 aromatic heterocycles. The highest BCUT2D eigenvalue weighted by Crippen LogP contribution is 2.39.